The summed E-state index contributed by atoms with van der Waals surface area (Å²) in [6.07, 6.45) is 0.575. The maximum atomic E-state index is 14.3. The van der Waals surface area contributed by atoms with Gasteiger partial charge in [0.1, 0.15) is 16.9 Å². The minimum absolute atomic E-state index is 0.120. The summed E-state index contributed by atoms with van der Waals surface area (Å²) < 4.78 is 5.38. The van der Waals surface area contributed by atoms with Gasteiger partial charge in [-0.25, -0.2) is 20.0 Å². The Labute approximate surface area is 286 Å². The zero-order chi connectivity index (χ0) is 35.3. The van der Waals surface area contributed by atoms with Crippen molar-refractivity contribution in [2.24, 2.45) is 0 Å². The molecule has 254 valence electrons. The number of carbonyl (C=O) groups excluding carboxylic acids is 5. The molecule has 0 radical (unpaired) electrons. The van der Waals surface area contributed by atoms with E-state index in [9.17, 15) is 28.8 Å². The van der Waals surface area contributed by atoms with E-state index in [-0.39, 0.29) is 28.7 Å². The number of benzene rings is 3. The second kappa shape index (κ2) is 14.6. The zero-order valence-electron chi connectivity index (χ0n) is 27.1. The van der Waals surface area contributed by atoms with Crippen molar-refractivity contribution in [3.8, 4) is 0 Å². The number of nitrogens with zero attached hydrogens (tertiary/aromatic N) is 2. The molecule has 6 amide bonds. The normalized spacial score (nSPS) is 12.7. The van der Waals surface area contributed by atoms with Gasteiger partial charge in [-0.2, -0.15) is 0 Å². The molecule has 0 saturated carbocycles. The first kappa shape index (κ1) is 34.6. The highest BCUT2D eigenvalue weighted by Gasteiger charge is 2.32. The second-order valence-electron chi connectivity index (χ2n) is 12.4. The van der Waals surface area contributed by atoms with Crippen molar-refractivity contribution in [3.63, 3.8) is 0 Å². The molecule has 0 atom stereocenters. The first-order valence-electron chi connectivity index (χ1n) is 15.5. The van der Waals surface area contributed by atoms with E-state index in [1.165, 1.54) is 42.5 Å². The number of imide groups is 1. The lowest BCUT2D eigenvalue weighted by Gasteiger charge is -2.27. The fourth-order valence-electron chi connectivity index (χ4n) is 5.22. The summed E-state index contributed by atoms with van der Waals surface area (Å²) in [6.45, 7) is 5.56. The van der Waals surface area contributed by atoms with Gasteiger partial charge in [-0.05, 0) is 81.6 Å². The van der Waals surface area contributed by atoms with Crippen molar-refractivity contribution in [3.05, 3.63) is 110 Å². The third kappa shape index (κ3) is 8.62. The van der Waals surface area contributed by atoms with Gasteiger partial charge >= 0.3 is 12.1 Å². The number of anilines is 1. The fourth-order valence-corrected chi connectivity index (χ4v) is 5.39. The molecule has 5 rings (SSSR count). The molecule has 4 N–H and O–H groups in total. The number of carbonyl (C=O) groups is 5. The molecule has 0 bridgehead atoms. The molecule has 4 aromatic rings. The summed E-state index contributed by atoms with van der Waals surface area (Å²) in [7, 11) is 0. The molecule has 0 aliphatic carbocycles. The largest absolute Gasteiger partial charge is 0.443 e. The van der Waals surface area contributed by atoms with Crippen LogP contribution in [0.4, 0.5) is 15.3 Å². The highest BCUT2D eigenvalue weighted by molar-refractivity contribution is 6.31. The number of amides is 6. The van der Waals surface area contributed by atoms with E-state index >= 15 is 0 Å². The van der Waals surface area contributed by atoms with Crippen molar-refractivity contribution < 1.29 is 28.7 Å². The third-order valence-electron chi connectivity index (χ3n) is 7.47. The number of hydrazine groups is 1. The quantitative estimate of drug-likeness (QED) is 0.195. The van der Waals surface area contributed by atoms with E-state index in [0.717, 1.165) is 17.9 Å². The number of nitrogens with one attached hydrogen (secondary N) is 4. The Balaban J connectivity index is 1.45. The van der Waals surface area contributed by atoms with Crippen LogP contribution in [-0.2, 0) is 11.3 Å². The van der Waals surface area contributed by atoms with E-state index < -0.39 is 46.4 Å². The van der Waals surface area contributed by atoms with Crippen molar-refractivity contribution in [2.75, 3.05) is 18.4 Å². The number of rotatable bonds is 6. The summed E-state index contributed by atoms with van der Waals surface area (Å²) in [6, 6.07) is 18.2. The van der Waals surface area contributed by atoms with Crippen LogP contribution < -0.4 is 21.5 Å². The number of aromatic amines is 1. The average Bonchev–Trinajstić information content (AvgIpc) is 3.59. The Morgan fingerprint density at radius 2 is 1.61 bits per heavy atom. The third-order valence-corrected chi connectivity index (χ3v) is 7.70. The number of fused-ring (bicyclic) bond motifs is 1. The summed E-state index contributed by atoms with van der Waals surface area (Å²) in [5.74, 6) is -2.18. The zero-order valence-corrected chi connectivity index (χ0v) is 27.8. The fraction of sp³-hybridized carbons (Fsp3) is 0.257. The van der Waals surface area contributed by atoms with Gasteiger partial charge in [0.15, 0.2) is 0 Å². The van der Waals surface area contributed by atoms with Gasteiger partial charge < -0.3 is 19.9 Å². The smallest absolute Gasteiger partial charge is 0.426 e. The maximum absolute atomic E-state index is 14.3. The van der Waals surface area contributed by atoms with Crippen molar-refractivity contribution in [1.82, 2.24) is 25.6 Å². The molecular formula is C35H35ClN6O7. The highest BCUT2D eigenvalue weighted by Crippen LogP contribution is 2.21. The monoisotopic (exact) mass is 686 g/mol. The number of hydrogen-bond donors (Lipinski definition) is 4. The Morgan fingerprint density at radius 3 is 2.27 bits per heavy atom. The number of urea groups is 1. The van der Waals surface area contributed by atoms with Gasteiger partial charge in [-0.3, -0.25) is 24.5 Å². The van der Waals surface area contributed by atoms with E-state index in [1.807, 2.05) is 0 Å². The Bertz CT molecular complexity index is 1970. The lowest BCUT2D eigenvalue weighted by Crippen LogP contribution is -2.49. The van der Waals surface area contributed by atoms with Crippen LogP contribution in [0.3, 0.4) is 0 Å². The number of halogens is 1. The summed E-state index contributed by atoms with van der Waals surface area (Å²) in [4.78, 5) is 84.4. The van der Waals surface area contributed by atoms with E-state index in [0.29, 0.717) is 29.4 Å². The Morgan fingerprint density at radius 1 is 0.939 bits per heavy atom. The molecule has 1 fully saturated rings. The van der Waals surface area contributed by atoms with E-state index in [1.54, 1.807) is 56.0 Å². The van der Waals surface area contributed by atoms with Gasteiger partial charge in [-0.15, -0.1) is 0 Å². The van der Waals surface area contributed by atoms with Crippen LogP contribution in [0.2, 0.25) is 5.02 Å². The first-order chi connectivity index (χ1) is 23.3. The number of likely N-dealkylation sites (tertiary alicyclic amines) is 1. The van der Waals surface area contributed by atoms with Crippen LogP contribution >= 0.6 is 11.6 Å². The van der Waals surface area contributed by atoms with Crippen LogP contribution in [0.25, 0.3) is 10.9 Å². The molecule has 1 aliphatic rings. The van der Waals surface area contributed by atoms with Crippen molar-refractivity contribution in [2.45, 2.75) is 45.8 Å². The van der Waals surface area contributed by atoms with Crippen LogP contribution in [0, 0.1) is 0 Å². The predicted octanol–water partition coefficient (Wildman–Crippen LogP) is 5.46. The first-order valence-corrected chi connectivity index (χ1v) is 15.9. The summed E-state index contributed by atoms with van der Waals surface area (Å²) in [5.41, 5.74) is 1.43. The van der Waals surface area contributed by atoms with Gasteiger partial charge in [0.05, 0.1) is 12.1 Å². The molecule has 1 saturated heterocycles. The van der Waals surface area contributed by atoms with Crippen LogP contribution in [0.5, 0.6) is 0 Å². The van der Waals surface area contributed by atoms with Gasteiger partial charge in [-0.1, -0.05) is 41.9 Å². The Kier molecular flexibility index (Phi) is 10.3. The number of para-hydroxylation sites is 1. The summed E-state index contributed by atoms with van der Waals surface area (Å²) >= 11 is 6.17. The second-order valence-corrected chi connectivity index (χ2v) is 12.8. The van der Waals surface area contributed by atoms with E-state index in [4.69, 9.17) is 16.3 Å². The average molecular weight is 687 g/mol. The van der Waals surface area contributed by atoms with Gasteiger partial charge in [0.25, 0.3) is 17.7 Å². The Hall–Kier alpha value is -5.69. The number of hydrogen-bond acceptors (Lipinski definition) is 7. The molecule has 1 aliphatic heterocycles. The number of aromatic nitrogens is 1. The van der Waals surface area contributed by atoms with Crippen molar-refractivity contribution in [1.29, 1.82) is 0 Å². The van der Waals surface area contributed by atoms with Crippen LogP contribution in [0.15, 0.2) is 77.6 Å². The molecule has 14 heteroatoms. The van der Waals surface area contributed by atoms with Gasteiger partial charge in [0.2, 0.25) is 5.43 Å². The molecular weight excluding hydrogens is 652 g/mol. The summed E-state index contributed by atoms with van der Waals surface area (Å²) in [5, 5.41) is 6.13. The number of H-pyrrole nitrogens is 1. The van der Waals surface area contributed by atoms with Crippen LogP contribution in [-0.4, -0.2) is 63.4 Å². The van der Waals surface area contributed by atoms with E-state index in [2.05, 4.69) is 21.0 Å². The molecule has 49 heavy (non-hydrogen) atoms. The topological polar surface area (TPSA) is 170 Å². The predicted molar refractivity (Wildman–Crippen MR) is 183 cm³/mol. The molecule has 3 aromatic carbocycles. The highest BCUT2D eigenvalue weighted by atomic mass is 35.5. The molecule has 0 unspecified atom stereocenters. The molecule has 13 nitrogen and oxygen atoms in total. The number of ether oxygens (including phenoxy) is 1. The standard InChI is InChI=1S/C35H35ClN6O7/c1-35(2,3)49-34(48)40-42(20-21-11-13-22(14-12-21)30(44)39-33(47)37-24-9-5-4-6-10-24)31(45)27-28(32(46)41-17-7-8-18-41)38-26-19-23(36)15-16-25(26)29(27)43/h4-6,9-16,19H,7-8,17-18,20H2,1-3H3,(H,38,43)(H,40,48)(H2,37,39,44,47). The molecule has 0 spiro atoms. The molecule has 2 heterocycles. The maximum Gasteiger partial charge on any atom is 0.426 e. The van der Waals surface area contributed by atoms with Crippen LogP contribution in [0.1, 0.15) is 70.4 Å². The minimum atomic E-state index is -0.974. The SMILES string of the molecule is CC(C)(C)OC(=O)NN(Cc1ccc(C(=O)NC(=O)Nc2ccccc2)cc1)C(=O)c1c(C(=O)N2CCCC2)[nH]c2cc(Cl)ccc2c1=O. The minimum Gasteiger partial charge on any atom is -0.443 e. The lowest BCUT2D eigenvalue weighted by molar-refractivity contribution is 0.0280. The van der Waals surface area contributed by atoms with Gasteiger partial charge in [0, 0.05) is 34.7 Å². The lowest BCUT2D eigenvalue weighted by atomic mass is 10.1. The van der Waals surface area contributed by atoms with Crippen molar-refractivity contribution >= 4 is 58.0 Å². The molecule has 1 aromatic heterocycles. The number of pyridine rings is 1.